The van der Waals surface area contributed by atoms with E-state index in [1.807, 2.05) is 0 Å². The molecule has 1 aromatic rings. The van der Waals surface area contributed by atoms with Gasteiger partial charge in [0.2, 0.25) is 5.88 Å². The summed E-state index contributed by atoms with van der Waals surface area (Å²) in [6.07, 6.45) is -2.79. The van der Waals surface area contributed by atoms with Crippen LogP contribution in [0.3, 0.4) is 0 Å². The number of hydrogen-bond donors (Lipinski definition) is 0. The fourth-order valence-corrected chi connectivity index (χ4v) is 1.69. The van der Waals surface area contributed by atoms with Gasteiger partial charge in [-0.25, -0.2) is 18.6 Å². The molecule has 4 nitrogen and oxygen atoms in total. The molecule has 0 unspecified atom stereocenters. The maximum Gasteiger partial charge on any atom is 0.343 e. The van der Waals surface area contributed by atoms with Gasteiger partial charge >= 0.3 is 5.97 Å². The van der Waals surface area contributed by atoms with Crippen LogP contribution >= 0.6 is 22.6 Å². The number of rotatable bonds is 3. The largest absolute Gasteiger partial charge is 0.480 e. The fraction of sp³-hybridized carbons (Fsp3) is 0.333. The summed E-state index contributed by atoms with van der Waals surface area (Å²) >= 11 is 1.76. The Hall–Kier alpha value is -0.990. The Bertz CT molecular complexity index is 412. The first-order chi connectivity index (χ1) is 7.51. The second-order valence-corrected chi connectivity index (χ2v) is 3.82. The number of hydrogen-bond acceptors (Lipinski definition) is 4. The minimum atomic E-state index is -2.79. The predicted octanol–water partition coefficient (Wildman–Crippen LogP) is 2.42. The van der Waals surface area contributed by atoms with Gasteiger partial charge in [0.1, 0.15) is 9.26 Å². The number of pyridine rings is 1. The van der Waals surface area contributed by atoms with E-state index in [4.69, 9.17) is 4.74 Å². The number of halogens is 3. The lowest BCUT2D eigenvalue weighted by molar-refractivity contribution is 0.0583. The van der Waals surface area contributed by atoms with Crippen LogP contribution in [0.25, 0.3) is 0 Å². The van der Waals surface area contributed by atoms with E-state index in [0.717, 1.165) is 13.2 Å². The van der Waals surface area contributed by atoms with E-state index >= 15 is 0 Å². The summed E-state index contributed by atoms with van der Waals surface area (Å²) in [7, 11) is 2.36. The smallest absolute Gasteiger partial charge is 0.343 e. The van der Waals surface area contributed by atoms with Crippen molar-refractivity contribution < 1.29 is 23.0 Å². The van der Waals surface area contributed by atoms with Crippen LogP contribution in [0.2, 0.25) is 0 Å². The summed E-state index contributed by atoms with van der Waals surface area (Å²) in [6, 6.07) is 1.12. The topological polar surface area (TPSA) is 48.4 Å². The van der Waals surface area contributed by atoms with Crippen LogP contribution in [0.1, 0.15) is 22.3 Å². The Kier molecular flexibility index (Phi) is 4.39. The Morgan fingerprint density at radius 1 is 1.50 bits per heavy atom. The molecule has 0 radical (unpaired) electrons. The van der Waals surface area contributed by atoms with Crippen LogP contribution in [-0.4, -0.2) is 25.2 Å². The second-order valence-electron chi connectivity index (χ2n) is 2.71. The molecule has 0 aliphatic rings. The number of alkyl halides is 2. The molecule has 0 N–H and O–H groups in total. The standard InChI is InChI=1S/C9H8F2INO3/c1-15-8-6(9(14)16-2)4(7(10)11)3-5(12)13-8/h3,7H,1-2H3. The van der Waals surface area contributed by atoms with E-state index in [9.17, 15) is 13.6 Å². The molecule has 1 aromatic heterocycles. The van der Waals surface area contributed by atoms with Gasteiger partial charge in [-0.1, -0.05) is 0 Å². The Labute approximate surface area is 104 Å². The third-order valence-electron chi connectivity index (χ3n) is 1.80. The molecule has 1 heterocycles. The zero-order valence-electron chi connectivity index (χ0n) is 8.46. The van der Waals surface area contributed by atoms with E-state index in [0.29, 0.717) is 3.70 Å². The van der Waals surface area contributed by atoms with Crippen LogP contribution < -0.4 is 4.74 Å². The molecule has 0 saturated carbocycles. The molecule has 0 atom stereocenters. The van der Waals surface area contributed by atoms with Crippen LogP contribution in [0, 0.1) is 3.70 Å². The van der Waals surface area contributed by atoms with E-state index in [2.05, 4.69) is 9.72 Å². The molecule has 0 aliphatic heterocycles. The molecule has 0 aromatic carbocycles. The average Bonchev–Trinajstić information content (AvgIpc) is 2.26. The molecular formula is C9H8F2INO3. The van der Waals surface area contributed by atoms with Gasteiger partial charge in [0.05, 0.1) is 14.2 Å². The quantitative estimate of drug-likeness (QED) is 0.481. The van der Waals surface area contributed by atoms with E-state index < -0.39 is 18.0 Å². The maximum absolute atomic E-state index is 12.7. The van der Waals surface area contributed by atoms with Crippen molar-refractivity contribution in [2.75, 3.05) is 14.2 Å². The van der Waals surface area contributed by atoms with Crippen molar-refractivity contribution in [2.24, 2.45) is 0 Å². The van der Waals surface area contributed by atoms with Gasteiger partial charge in [0, 0.05) is 5.56 Å². The van der Waals surface area contributed by atoms with Gasteiger partial charge in [-0.2, -0.15) is 0 Å². The zero-order valence-corrected chi connectivity index (χ0v) is 10.6. The van der Waals surface area contributed by atoms with Crippen molar-refractivity contribution in [1.29, 1.82) is 0 Å². The van der Waals surface area contributed by atoms with Gasteiger partial charge in [-0.3, -0.25) is 0 Å². The van der Waals surface area contributed by atoms with Crippen LogP contribution in [0.15, 0.2) is 6.07 Å². The van der Waals surface area contributed by atoms with Gasteiger partial charge < -0.3 is 9.47 Å². The first kappa shape index (κ1) is 13.1. The molecule has 0 bridgehead atoms. The van der Waals surface area contributed by atoms with Gasteiger partial charge in [-0.15, -0.1) is 0 Å². The number of carbonyl (C=O) groups is 1. The highest BCUT2D eigenvalue weighted by Gasteiger charge is 2.25. The molecular weight excluding hydrogens is 335 g/mol. The molecule has 1 rings (SSSR count). The minimum absolute atomic E-state index is 0.158. The lowest BCUT2D eigenvalue weighted by atomic mass is 10.1. The van der Waals surface area contributed by atoms with Crippen molar-refractivity contribution in [3.05, 3.63) is 20.9 Å². The number of ether oxygens (including phenoxy) is 2. The van der Waals surface area contributed by atoms with Crippen molar-refractivity contribution in [2.45, 2.75) is 6.43 Å². The van der Waals surface area contributed by atoms with Crippen molar-refractivity contribution >= 4 is 28.6 Å². The summed E-state index contributed by atoms with van der Waals surface area (Å²) in [5.41, 5.74) is -0.775. The molecule has 0 saturated heterocycles. The predicted molar refractivity (Wildman–Crippen MR) is 59.8 cm³/mol. The third-order valence-corrected chi connectivity index (χ3v) is 2.36. The summed E-state index contributed by atoms with van der Waals surface area (Å²) in [5, 5.41) is 0. The fourth-order valence-electron chi connectivity index (χ4n) is 1.14. The summed E-state index contributed by atoms with van der Waals surface area (Å²) < 4.78 is 35.0. The molecule has 0 spiro atoms. The zero-order chi connectivity index (χ0) is 12.3. The van der Waals surface area contributed by atoms with E-state index in [1.165, 1.54) is 7.11 Å². The van der Waals surface area contributed by atoms with Crippen molar-refractivity contribution in [3.8, 4) is 5.88 Å². The summed E-state index contributed by atoms with van der Waals surface area (Å²) in [4.78, 5) is 15.2. The highest BCUT2D eigenvalue weighted by atomic mass is 127. The first-order valence-corrected chi connectivity index (χ1v) is 5.20. The molecule has 88 valence electrons. The number of carbonyl (C=O) groups excluding carboxylic acids is 1. The number of esters is 1. The Morgan fingerprint density at radius 3 is 2.56 bits per heavy atom. The summed E-state index contributed by atoms with van der Waals surface area (Å²) in [6.45, 7) is 0. The van der Waals surface area contributed by atoms with Crippen LogP contribution in [0.4, 0.5) is 8.78 Å². The average molecular weight is 343 g/mol. The minimum Gasteiger partial charge on any atom is -0.480 e. The van der Waals surface area contributed by atoms with Gasteiger partial charge in [0.15, 0.2) is 0 Å². The lowest BCUT2D eigenvalue weighted by Crippen LogP contribution is -2.11. The van der Waals surface area contributed by atoms with Crippen molar-refractivity contribution in [1.82, 2.24) is 4.98 Å². The normalized spacial score (nSPS) is 10.4. The van der Waals surface area contributed by atoms with Crippen LogP contribution in [0.5, 0.6) is 5.88 Å². The Balaban J connectivity index is 3.45. The molecule has 16 heavy (non-hydrogen) atoms. The van der Waals surface area contributed by atoms with E-state index in [1.54, 1.807) is 22.6 Å². The molecule has 0 amide bonds. The van der Waals surface area contributed by atoms with Crippen molar-refractivity contribution in [3.63, 3.8) is 0 Å². The summed E-state index contributed by atoms with van der Waals surface area (Å²) in [5.74, 6) is -1.05. The molecule has 0 aliphatic carbocycles. The van der Waals surface area contributed by atoms with Gasteiger partial charge in [0.25, 0.3) is 6.43 Å². The lowest BCUT2D eigenvalue weighted by Gasteiger charge is -2.11. The highest BCUT2D eigenvalue weighted by molar-refractivity contribution is 14.1. The highest BCUT2D eigenvalue weighted by Crippen LogP contribution is 2.30. The molecule has 0 fully saturated rings. The Morgan fingerprint density at radius 2 is 2.12 bits per heavy atom. The first-order valence-electron chi connectivity index (χ1n) is 4.12. The molecule has 7 heteroatoms. The number of methoxy groups -OCH3 is 2. The SMILES string of the molecule is COC(=O)c1c(C(F)F)cc(I)nc1OC. The monoisotopic (exact) mass is 343 g/mol. The maximum atomic E-state index is 12.7. The number of aromatic nitrogens is 1. The van der Waals surface area contributed by atoms with E-state index in [-0.39, 0.29) is 11.4 Å². The third kappa shape index (κ3) is 2.57. The second kappa shape index (κ2) is 5.37. The number of nitrogens with zero attached hydrogens (tertiary/aromatic N) is 1. The van der Waals surface area contributed by atoms with Crippen LogP contribution in [-0.2, 0) is 4.74 Å². The van der Waals surface area contributed by atoms with Gasteiger partial charge in [-0.05, 0) is 28.7 Å².